The number of aliphatic hydroxyl groups excluding tert-OH is 1. The van der Waals surface area contributed by atoms with E-state index < -0.39 is 11.7 Å². The van der Waals surface area contributed by atoms with Crippen LogP contribution in [0.1, 0.15) is 12.0 Å². The molecule has 7 heteroatoms. The van der Waals surface area contributed by atoms with Crippen molar-refractivity contribution in [2.24, 2.45) is 0 Å². The van der Waals surface area contributed by atoms with E-state index in [4.69, 9.17) is 16.7 Å². The molecule has 0 amide bonds. The Labute approximate surface area is 95.3 Å². The number of hydrogen-bond donors (Lipinski definition) is 2. The standard InChI is InChI=1S/C9H10ClF3N2O/c10-7-4-6(9(11,12)13)5-8(15-7)14-2-1-3-16/h4-5,16H,1-3H2,(H,14,15). The number of halogens is 4. The monoisotopic (exact) mass is 254 g/mol. The number of alkyl halides is 3. The van der Waals surface area contributed by atoms with Crippen LogP contribution >= 0.6 is 11.6 Å². The minimum absolute atomic E-state index is 0.0420. The smallest absolute Gasteiger partial charge is 0.396 e. The Morgan fingerprint density at radius 1 is 1.38 bits per heavy atom. The molecule has 0 aliphatic carbocycles. The first-order chi connectivity index (χ1) is 7.43. The maximum absolute atomic E-state index is 12.4. The Morgan fingerprint density at radius 2 is 2.06 bits per heavy atom. The third-order valence-electron chi connectivity index (χ3n) is 1.76. The zero-order valence-electron chi connectivity index (χ0n) is 8.18. The maximum Gasteiger partial charge on any atom is 0.416 e. The normalized spacial score (nSPS) is 11.6. The van der Waals surface area contributed by atoms with Crippen molar-refractivity contribution in [1.29, 1.82) is 0 Å². The minimum atomic E-state index is -4.44. The number of pyridine rings is 1. The topological polar surface area (TPSA) is 45.1 Å². The number of rotatable bonds is 4. The summed E-state index contributed by atoms with van der Waals surface area (Å²) < 4.78 is 37.1. The van der Waals surface area contributed by atoms with Gasteiger partial charge in [-0.25, -0.2) is 4.98 Å². The van der Waals surface area contributed by atoms with Gasteiger partial charge in [0.05, 0.1) is 5.56 Å². The quantitative estimate of drug-likeness (QED) is 0.641. The van der Waals surface area contributed by atoms with Gasteiger partial charge in [-0.1, -0.05) is 11.6 Å². The number of anilines is 1. The molecule has 3 nitrogen and oxygen atoms in total. The molecular weight excluding hydrogens is 245 g/mol. The van der Waals surface area contributed by atoms with Gasteiger partial charge in [0.2, 0.25) is 0 Å². The molecule has 0 bridgehead atoms. The first-order valence-electron chi connectivity index (χ1n) is 4.53. The zero-order chi connectivity index (χ0) is 12.2. The molecule has 0 fully saturated rings. The van der Waals surface area contributed by atoms with Gasteiger partial charge in [0.15, 0.2) is 0 Å². The largest absolute Gasteiger partial charge is 0.416 e. The number of aliphatic hydroxyl groups is 1. The van der Waals surface area contributed by atoms with Crippen LogP contribution in [-0.2, 0) is 6.18 Å². The van der Waals surface area contributed by atoms with Gasteiger partial charge in [-0.3, -0.25) is 0 Å². The summed E-state index contributed by atoms with van der Waals surface area (Å²) in [6, 6.07) is 1.64. The molecule has 1 rings (SSSR count). The Kier molecular flexibility index (Phi) is 4.37. The summed E-state index contributed by atoms with van der Waals surface area (Å²) >= 11 is 5.47. The molecule has 0 aliphatic heterocycles. The first kappa shape index (κ1) is 13.1. The summed E-state index contributed by atoms with van der Waals surface area (Å²) in [6.45, 7) is 0.292. The lowest BCUT2D eigenvalue weighted by Gasteiger charge is -2.10. The zero-order valence-corrected chi connectivity index (χ0v) is 8.94. The van der Waals surface area contributed by atoms with Crippen molar-refractivity contribution in [1.82, 2.24) is 4.98 Å². The second-order valence-electron chi connectivity index (χ2n) is 3.07. The number of aromatic nitrogens is 1. The van der Waals surface area contributed by atoms with Crippen molar-refractivity contribution < 1.29 is 18.3 Å². The third kappa shape index (κ3) is 3.86. The van der Waals surface area contributed by atoms with Crippen LogP contribution in [-0.4, -0.2) is 23.2 Å². The molecule has 1 aromatic rings. The fraction of sp³-hybridized carbons (Fsp3) is 0.444. The van der Waals surface area contributed by atoms with Crippen molar-refractivity contribution in [3.8, 4) is 0 Å². The van der Waals surface area contributed by atoms with Crippen molar-refractivity contribution in [3.63, 3.8) is 0 Å². The van der Waals surface area contributed by atoms with E-state index in [1.807, 2.05) is 0 Å². The first-order valence-corrected chi connectivity index (χ1v) is 4.91. The van der Waals surface area contributed by atoms with Crippen molar-refractivity contribution in [2.45, 2.75) is 12.6 Å². The summed E-state index contributed by atoms with van der Waals surface area (Å²) in [7, 11) is 0. The molecule has 1 heterocycles. The van der Waals surface area contributed by atoms with Crippen LogP contribution in [0, 0.1) is 0 Å². The van der Waals surface area contributed by atoms with Crippen molar-refractivity contribution >= 4 is 17.4 Å². The van der Waals surface area contributed by atoms with Gasteiger partial charge in [-0.2, -0.15) is 13.2 Å². The van der Waals surface area contributed by atoms with Gasteiger partial charge in [0, 0.05) is 13.2 Å². The summed E-state index contributed by atoms with van der Waals surface area (Å²) in [4.78, 5) is 3.69. The second-order valence-corrected chi connectivity index (χ2v) is 3.45. The molecule has 0 aliphatic rings. The molecule has 0 spiro atoms. The van der Waals surface area contributed by atoms with E-state index in [9.17, 15) is 13.2 Å². The summed E-state index contributed by atoms with van der Waals surface area (Å²) in [5.74, 6) is 0.0493. The van der Waals surface area contributed by atoms with E-state index in [0.717, 1.165) is 12.1 Å². The van der Waals surface area contributed by atoms with Gasteiger partial charge < -0.3 is 10.4 Å². The van der Waals surface area contributed by atoms with Crippen LogP contribution < -0.4 is 5.32 Å². The average Bonchev–Trinajstić information content (AvgIpc) is 2.16. The molecule has 0 saturated heterocycles. The molecule has 2 N–H and O–H groups in total. The summed E-state index contributed by atoms with van der Waals surface area (Å²) in [5, 5.41) is 10.9. The van der Waals surface area contributed by atoms with Crippen LogP contribution in [0.2, 0.25) is 5.15 Å². The van der Waals surface area contributed by atoms with Crippen molar-refractivity contribution in [2.75, 3.05) is 18.5 Å². The Hall–Kier alpha value is -1.01. The van der Waals surface area contributed by atoms with Crippen LogP contribution in [0.5, 0.6) is 0 Å². The molecule has 0 saturated carbocycles. The number of hydrogen-bond acceptors (Lipinski definition) is 3. The van der Waals surface area contributed by atoms with Gasteiger partial charge in [0.1, 0.15) is 11.0 Å². The van der Waals surface area contributed by atoms with Crippen LogP contribution in [0.3, 0.4) is 0 Å². The molecule has 16 heavy (non-hydrogen) atoms. The van der Waals surface area contributed by atoms with Crippen molar-refractivity contribution in [3.05, 3.63) is 22.8 Å². The summed E-state index contributed by atoms with van der Waals surface area (Å²) in [6.07, 6.45) is -4.02. The van der Waals surface area contributed by atoms with Crippen LogP contribution in [0.15, 0.2) is 12.1 Å². The lowest BCUT2D eigenvalue weighted by Crippen LogP contribution is -2.09. The van der Waals surface area contributed by atoms with Crippen LogP contribution in [0.4, 0.5) is 19.0 Å². The van der Waals surface area contributed by atoms with E-state index in [0.29, 0.717) is 13.0 Å². The lowest BCUT2D eigenvalue weighted by atomic mass is 10.2. The fourth-order valence-corrected chi connectivity index (χ4v) is 1.26. The highest BCUT2D eigenvalue weighted by Gasteiger charge is 2.31. The highest BCUT2D eigenvalue weighted by Crippen LogP contribution is 2.31. The molecule has 0 unspecified atom stereocenters. The summed E-state index contributed by atoms with van der Waals surface area (Å²) in [5.41, 5.74) is -0.848. The van der Waals surface area contributed by atoms with E-state index >= 15 is 0 Å². The highest BCUT2D eigenvalue weighted by atomic mass is 35.5. The van der Waals surface area contributed by atoms with Gasteiger partial charge in [0.25, 0.3) is 0 Å². The predicted octanol–water partition coefficient (Wildman–Crippen LogP) is 2.55. The number of nitrogens with zero attached hydrogens (tertiary/aromatic N) is 1. The second kappa shape index (κ2) is 5.36. The lowest BCUT2D eigenvalue weighted by molar-refractivity contribution is -0.137. The molecular formula is C9H10ClF3N2O. The van der Waals surface area contributed by atoms with Gasteiger partial charge >= 0.3 is 6.18 Å². The fourth-order valence-electron chi connectivity index (χ4n) is 1.05. The van der Waals surface area contributed by atoms with Gasteiger partial charge in [-0.05, 0) is 18.6 Å². The average molecular weight is 255 g/mol. The van der Waals surface area contributed by atoms with E-state index in [-0.39, 0.29) is 17.6 Å². The Bertz CT molecular complexity index is 357. The van der Waals surface area contributed by atoms with E-state index in [1.165, 1.54) is 0 Å². The molecule has 0 radical (unpaired) electrons. The van der Waals surface area contributed by atoms with E-state index in [1.54, 1.807) is 0 Å². The van der Waals surface area contributed by atoms with Gasteiger partial charge in [-0.15, -0.1) is 0 Å². The molecule has 90 valence electrons. The third-order valence-corrected chi connectivity index (χ3v) is 1.96. The number of nitrogens with one attached hydrogen (secondary N) is 1. The molecule has 0 atom stereocenters. The molecule has 0 aromatic carbocycles. The SMILES string of the molecule is OCCCNc1cc(C(F)(F)F)cc(Cl)n1. The van der Waals surface area contributed by atoms with E-state index in [2.05, 4.69) is 10.3 Å². The highest BCUT2D eigenvalue weighted by molar-refractivity contribution is 6.29. The Morgan fingerprint density at radius 3 is 2.62 bits per heavy atom. The minimum Gasteiger partial charge on any atom is -0.396 e. The maximum atomic E-state index is 12.4. The predicted molar refractivity (Wildman–Crippen MR) is 54.4 cm³/mol. The van der Waals surface area contributed by atoms with Crippen LogP contribution in [0.25, 0.3) is 0 Å². The molecule has 1 aromatic heterocycles. The Balaban J connectivity index is 2.82.